The van der Waals surface area contributed by atoms with Crippen molar-refractivity contribution < 1.29 is 14.4 Å². The summed E-state index contributed by atoms with van der Waals surface area (Å²) in [7, 11) is 4.81. The first kappa shape index (κ1) is 15.1. The molecule has 0 aromatic carbocycles. The Balaban J connectivity index is 2.82. The van der Waals surface area contributed by atoms with E-state index in [4.69, 9.17) is 9.47 Å². The Labute approximate surface area is 111 Å². The maximum Gasteiger partial charge on any atom is 0.311 e. The first-order valence-corrected chi connectivity index (χ1v) is 5.71. The zero-order valence-electron chi connectivity index (χ0n) is 11.2. The normalized spacial score (nSPS) is 11.9. The maximum atomic E-state index is 10.9. The highest BCUT2D eigenvalue weighted by molar-refractivity contribution is 5.60. The Kier molecular flexibility index (Phi) is 5.97. The molecular formula is C11H18N4O4. The molecule has 1 aromatic rings. The molecule has 0 saturated heterocycles. The highest BCUT2D eigenvalue weighted by Gasteiger charge is 2.17. The van der Waals surface area contributed by atoms with Crippen molar-refractivity contribution >= 4 is 17.3 Å². The van der Waals surface area contributed by atoms with E-state index in [1.807, 2.05) is 0 Å². The Morgan fingerprint density at radius 2 is 2.21 bits per heavy atom. The van der Waals surface area contributed by atoms with Crippen LogP contribution in [-0.2, 0) is 9.47 Å². The summed E-state index contributed by atoms with van der Waals surface area (Å²) in [6, 6.07) is 2.95. The van der Waals surface area contributed by atoms with E-state index in [0.717, 1.165) is 0 Å². The summed E-state index contributed by atoms with van der Waals surface area (Å²) in [5, 5.41) is 16.6. The van der Waals surface area contributed by atoms with Crippen LogP contribution in [0.2, 0.25) is 0 Å². The van der Waals surface area contributed by atoms with Crippen LogP contribution in [-0.4, -0.2) is 50.4 Å². The molecular weight excluding hydrogens is 252 g/mol. The average Bonchev–Trinajstić information content (AvgIpc) is 2.42. The molecule has 0 aliphatic heterocycles. The van der Waals surface area contributed by atoms with Crippen LogP contribution in [0.15, 0.2) is 12.1 Å². The third kappa shape index (κ3) is 4.34. The van der Waals surface area contributed by atoms with Crippen molar-refractivity contribution in [2.75, 3.05) is 45.1 Å². The summed E-state index contributed by atoms with van der Waals surface area (Å²) in [6.07, 6.45) is -0.204. The van der Waals surface area contributed by atoms with Crippen molar-refractivity contribution in [3.05, 3.63) is 22.2 Å². The molecule has 8 nitrogen and oxygen atoms in total. The molecule has 0 aliphatic carbocycles. The molecule has 0 spiro atoms. The number of hydrogen-bond donors (Lipinski definition) is 2. The van der Waals surface area contributed by atoms with Gasteiger partial charge in [0, 0.05) is 33.9 Å². The van der Waals surface area contributed by atoms with Gasteiger partial charge >= 0.3 is 5.69 Å². The van der Waals surface area contributed by atoms with Gasteiger partial charge in [-0.2, -0.15) is 0 Å². The van der Waals surface area contributed by atoms with Gasteiger partial charge in [-0.1, -0.05) is 0 Å². The van der Waals surface area contributed by atoms with E-state index in [0.29, 0.717) is 19.0 Å². The van der Waals surface area contributed by atoms with Crippen LogP contribution in [0.3, 0.4) is 0 Å². The van der Waals surface area contributed by atoms with Crippen molar-refractivity contribution in [3.63, 3.8) is 0 Å². The van der Waals surface area contributed by atoms with Crippen molar-refractivity contribution in [2.24, 2.45) is 0 Å². The van der Waals surface area contributed by atoms with Crippen molar-refractivity contribution in [1.82, 2.24) is 4.98 Å². The average molecular weight is 270 g/mol. The minimum Gasteiger partial charge on any atom is -0.382 e. The first-order valence-electron chi connectivity index (χ1n) is 5.71. The fraction of sp³-hybridized carbons (Fsp3) is 0.545. The van der Waals surface area contributed by atoms with Crippen LogP contribution >= 0.6 is 0 Å². The molecule has 106 valence electrons. The highest BCUT2D eigenvalue weighted by Crippen LogP contribution is 2.23. The van der Waals surface area contributed by atoms with Crippen LogP contribution in [0.4, 0.5) is 17.3 Å². The van der Waals surface area contributed by atoms with Crippen LogP contribution < -0.4 is 10.6 Å². The summed E-state index contributed by atoms with van der Waals surface area (Å²) < 4.78 is 10.1. The predicted octanol–water partition coefficient (Wildman–Crippen LogP) is 1.10. The van der Waals surface area contributed by atoms with Gasteiger partial charge in [0.15, 0.2) is 0 Å². The zero-order chi connectivity index (χ0) is 14.3. The fourth-order valence-corrected chi connectivity index (χ4v) is 1.48. The van der Waals surface area contributed by atoms with Gasteiger partial charge in [0.05, 0.1) is 17.6 Å². The van der Waals surface area contributed by atoms with Gasteiger partial charge in [-0.15, -0.1) is 0 Å². The molecule has 0 bridgehead atoms. The van der Waals surface area contributed by atoms with E-state index in [9.17, 15) is 10.1 Å². The highest BCUT2D eigenvalue weighted by atomic mass is 16.6. The molecule has 0 saturated carbocycles. The molecule has 0 amide bonds. The van der Waals surface area contributed by atoms with E-state index in [1.165, 1.54) is 6.07 Å². The SMILES string of the molecule is CNc1ccc([N+](=O)[O-])c(NCC(COC)OC)n1. The molecule has 0 fully saturated rings. The van der Waals surface area contributed by atoms with E-state index in [-0.39, 0.29) is 17.6 Å². The minimum absolute atomic E-state index is 0.0775. The predicted molar refractivity (Wildman–Crippen MR) is 71.6 cm³/mol. The minimum atomic E-state index is -0.479. The van der Waals surface area contributed by atoms with Crippen LogP contribution in [0.1, 0.15) is 0 Å². The smallest absolute Gasteiger partial charge is 0.311 e. The summed E-state index contributed by atoms with van der Waals surface area (Å²) in [6.45, 7) is 0.758. The van der Waals surface area contributed by atoms with Gasteiger partial charge < -0.3 is 20.1 Å². The monoisotopic (exact) mass is 270 g/mol. The Hall–Kier alpha value is -1.93. The number of nitrogens with zero attached hydrogens (tertiary/aromatic N) is 2. The molecule has 1 unspecified atom stereocenters. The zero-order valence-corrected chi connectivity index (χ0v) is 11.2. The van der Waals surface area contributed by atoms with Gasteiger partial charge in [0.2, 0.25) is 5.82 Å². The second-order valence-electron chi connectivity index (χ2n) is 3.77. The fourth-order valence-electron chi connectivity index (χ4n) is 1.48. The standard InChI is InChI=1S/C11H18N4O4/c1-12-10-5-4-9(15(16)17)11(14-10)13-6-8(19-3)7-18-2/h4-5,8H,6-7H2,1-3H3,(H2,12,13,14). The van der Waals surface area contributed by atoms with Gasteiger partial charge in [-0.3, -0.25) is 10.1 Å². The van der Waals surface area contributed by atoms with Crippen molar-refractivity contribution in [1.29, 1.82) is 0 Å². The lowest BCUT2D eigenvalue weighted by Crippen LogP contribution is -2.27. The number of nitro groups is 1. The molecule has 19 heavy (non-hydrogen) atoms. The number of rotatable bonds is 8. The Morgan fingerprint density at radius 1 is 1.47 bits per heavy atom. The summed E-state index contributed by atoms with van der Waals surface area (Å²) in [4.78, 5) is 14.5. The molecule has 0 aliphatic rings. The second kappa shape index (κ2) is 7.49. The lowest BCUT2D eigenvalue weighted by atomic mass is 10.3. The van der Waals surface area contributed by atoms with Crippen molar-refractivity contribution in [3.8, 4) is 0 Å². The lowest BCUT2D eigenvalue weighted by Gasteiger charge is -2.15. The second-order valence-corrected chi connectivity index (χ2v) is 3.77. The third-order valence-corrected chi connectivity index (χ3v) is 2.51. The maximum absolute atomic E-state index is 10.9. The third-order valence-electron chi connectivity index (χ3n) is 2.51. The molecule has 0 radical (unpaired) electrons. The van der Waals surface area contributed by atoms with Gasteiger partial charge in [0.1, 0.15) is 5.82 Å². The molecule has 1 aromatic heterocycles. The van der Waals surface area contributed by atoms with E-state index >= 15 is 0 Å². The number of hydrogen-bond acceptors (Lipinski definition) is 7. The number of anilines is 2. The van der Waals surface area contributed by atoms with Gasteiger partial charge in [-0.05, 0) is 6.07 Å². The van der Waals surface area contributed by atoms with Crippen molar-refractivity contribution in [2.45, 2.75) is 6.10 Å². The Morgan fingerprint density at radius 3 is 2.74 bits per heavy atom. The largest absolute Gasteiger partial charge is 0.382 e. The number of pyridine rings is 1. The molecule has 2 N–H and O–H groups in total. The number of ether oxygens (including phenoxy) is 2. The van der Waals surface area contributed by atoms with Crippen LogP contribution in [0.25, 0.3) is 0 Å². The number of methoxy groups -OCH3 is 2. The van der Waals surface area contributed by atoms with Gasteiger partial charge in [0.25, 0.3) is 0 Å². The molecule has 1 atom stereocenters. The summed E-state index contributed by atoms with van der Waals surface area (Å²) in [5.41, 5.74) is -0.0775. The molecule has 1 rings (SSSR count). The lowest BCUT2D eigenvalue weighted by molar-refractivity contribution is -0.384. The van der Waals surface area contributed by atoms with Crippen LogP contribution in [0, 0.1) is 10.1 Å². The van der Waals surface area contributed by atoms with Crippen LogP contribution in [0.5, 0.6) is 0 Å². The molecule has 8 heteroatoms. The summed E-state index contributed by atoms with van der Waals surface area (Å²) >= 11 is 0. The summed E-state index contributed by atoms with van der Waals surface area (Å²) in [5.74, 6) is 0.754. The first-order chi connectivity index (χ1) is 9.12. The topological polar surface area (TPSA) is 98.6 Å². The van der Waals surface area contributed by atoms with E-state index in [2.05, 4.69) is 15.6 Å². The van der Waals surface area contributed by atoms with E-state index < -0.39 is 4.92 Å². The van der Waals surface area contributed by atoms with E-state index in [1.54, 1.807) is 27.3 Å². The number of aromatic nitrogens is 1. The molecule has 1 heterocycles. The quantitative estimate of drug-likeness (QED) is 0.539. The number of nitrogens with one attached hydrogen (secondary N) is 2. The Bertz CT molecular complexity index is 427. The van der Waals surface area contributed by atoms with Gasteiger partial charge in [-0.25, -0.2) is 4.98 Å².